The number of ether oxygens (including phenoxy) is 1. The number of nitrogens with zero attached hydrogens (tertiary/aromatic N) is 1. The fourth-order valence-corrected chi connectivity index (χ4v) is 4.96. The Morgan fingerprint density at radius 3 is 2.48 bits per heavy atom. The number of hydrogen-bond acceptors (Lipinski definition) is 4. The molecular weight excluding hydrogens is 360 g/mol. The van der Waals surface area contributed by atoms with Crippen LogP contribution in [0.1, 0.15) is 49.7 Å². The van der Waals surface area contributed by atoms with E-state index >= 15 is 0 Å². The van der Waals surface area contributed by atoms with E-state index in [1.165, 1.54) is 41.8 Å². The number of anilines is 3. The number of nitrogens with one attached hydrogen (secondary N) is 1. The Labute approximate surface area is 172 Å². The van der Waals surface area contributed by atoms with Gasteiger partial charge in [0.25, 0.3) is 0 Å². The smallest absolute Gasteiger partial charge is 0.148 e. The summed E-state index contributed by atoms with van der Waals surface area (Å²) in [5, 5.41) is 7.71. The van der Waals surface area contributed by atoms with E-state index in [4.69, 9.17) is 28.0 Å². The normalized spacial score (nSPS) is 16.6. The maximum absolute atomic E-state index is 7.71. The summed E-state index contributed by atoms with van der Waals surface area (Å²) in [4.78, 5) is 2.27. The Morgan fingerprint density at radius 1 is 1.10 bits per heavy atom. The Balaban J connectivity index is 1.90. The number of amidine groups is 1. The molecule has 0 amide bonds. The fourth-order valence-electron chi connectivity index (χ4n) is 4.96. The minimum Gasteiger partial charge on any atom is -0.481 e. The molecule has 0 atom stereocenters. The van der Waals surface area contributed by atoms with Crippen LogP contribution >= 0.6 is 0 Å². The minimum atomic E-state index is -0.0689. The van der Waals surface area contributed by atoms with Gasteiger partial charge in [0, 0.05) is 35.4 Å². The van der Waals surface area contributed by atoms with Gasteiger partial charge in [0.1, 0.15) is 12.4 Å². The van der Waals surface area contributed by atoms with Crippen molar-refractivity contribution in [3.8, 4) is 18.1 Å². The van der Waals surface area contributed by atoms with Crippen LogP contribution < -0.4 is 21.1 Å². The molecule has 1 aliphatic carbocycles. The summed E-state index contributed by atoms with van der Waals surface area (Å²) in [5.74, 6) is 3.53. The molecule has 5 heteroatoms. The second-order valence-electron chi connectivity index (χ2n) is 8.02. The molecule has 0 unspecified atom stereocenters. The predicted octanol–water partition coefficient (Wildman–Crippen LogP) is 4.31. The van der Waals surface area contributed by atoms with Gasteiger partial charge in [-0.15, -0.1) is 6.42 Å². The largest absolute Gasteiger partial charge is 0.481 e. The number of hydrogen-bond donors (Lipinski definition) is 3. The molecular formula is C24H28N4O. The standard InChI is InChI=1S/C24H28N4O/c1-2-14-29-18-7-9-22-20(16-18)24(11-4-3-5-12-24)19-15-17(25)6-8-21(19)28(22)13-10-23(26)27/h1,6-9,15-16H,3-5,10-14,25H2,(H3,26,27). The van der Waals surface area contributed by atoms with Gasteiger partial charge in [0.15, 0.2) is 0 Å². The summed E-state index contributed by atoms with van der Waals surface area (Å²) in [5.41, 5.74) is 17.5. The zero-order chi connectivity index (χ0) is 20.4. The number of rotatable bonds is 5. The molecule has 29 heavy (non-hydrogen) atoms. The van der Waals surface area contributed by atoms with Gasteiger partial charge in [0.05, 0.1) is 5.84 Å². The highest BCUT2D eigenvalue weighted by Gasteiger charge is 2.44. The molecule has 1 heterocycles. The molecule has 1 spiro atoms. The second kappa shape index (κ2) is 7.71. The van der Waals surface area contributed by atoms with Crippen LogP contribution in [0.4, 0.5) is 17.1 Å². The van der Waals surface area contributed by atoms with Gasteiger partial charge in [-0.2, -0.15) is 0 Å². The predicted molar refractivity (Wildman–Crippen MR) is 119 cm³/mol. The number of terminal acetylenes is 1. The van der Waals surface area contributed by atoms with Gasteiger partial charge in [-0.3, -0.25) is 5.41 Å². The third-order valence-corrected chi connectivity index (χ3v) is 6.24. The molecule has 2 aromatic rings. The maximum Gasteiger partial charge on any atom is 0.148 e. The first kappa shape index (κ1) is 19.2. The van der Waals surface area contributed by atoms with Crippen LogP contribution in [-0.4, -0.2) is 19.0 Å². The highest BCUT2D eigenvalue weighted by Crippen LogP contribution is 2.56. The van der Waals surface area contributed by atoms with Gasteiger partial charge in [0.2, 0.25) is 0 Å². The summed E-state index contributed by atoms with van der Waals surface area (Å²) in [7, 11) is 0. The Kier molecular flexibility index (Phi) is 5.10. The topological polar surface area (TPSA) is 88.4 Å². The van der Waals surface area contributed by atoms with Crippen molar-refractivity contribution in [1.82, 2.24) is 0 Å². The van der Waals surface area contributed by atoms with E-state index in [0.29, 0.717) is 13.0 Å². The molecule has 150 valence electrons. The Morgan fingerprint density at radius 2 is 1.79 bits per heavy atom. The molecule has 2 aromatic carbocycles. The molecule has 4 rings (SSSR count). The molecule has 1 fully saturated rings. The first-order valence-electron chi connectivity index (χ1n) is 10.3. The van der Waals surface area contributed by atoms with Crippen LogP contribution in [0.15, 0.2) is 36.4 Å². The molecule has 0 bridgehead atoms. The maximum atomic E-state index is 7.71. The monoisotopic (exact) mass is 388 g/mol. The lowest BCUT2D eigenvalue weighted by Gasteiger charge is -2.48. The summed E-state index contributed by atoms with van der Waals surface area (Å²) >= 11 is 0. The molecule has 5 N–H and O–H groups in total. The molecule has 0 radical (unpaired) electrons. The molecule has 0 aromatic heterocycles. The zero-order valence-electron chi connectivity index (χ0n) is 16.7. The van der Waals surface area contributed by atoms with E-state index < -0.39 is 0 Å². The molecule has 5 nitrogen and oxygen atoms in total. The van der Waals surface area contributed by atoms with Gasteiger partial charge >= 0.3 is 0 Å². The SMILES string of the molecule is C#CCOc1ccc2c(c1)C1(CCCCC1)c1cc(N)ccc1N2CCC(=N)N. The summed E-state index contributed by atoms with van der Waals surface area (Å²) in [6, 6.07) is 12.5. The van der Waals surface area contributed by atoms with E-state index in [2.05, 4.69) is 35.1 Å². The third kappa shape index (κ3) is 3.40. The number of nitrogen functional groups attached to an aromatic ring is 1. The van der Waals surface area contributed by atoms with Crippen LogP contribution in [0.5, 0.6) is 5.75 Å². The van der Waals surface area contributed by atoms with Crippen molar-refractivity contribution in [3.63, 3.8) is 0 Å². The molecule has 2 aliphatic rings. The van der Waals surface area contributed by atoms with Crippen molar-refractivity contribution in [2.75, 3.05) is 23.8 Å². The van der Waals surface area contributed by atoms with E-state index in [0.717, 1.165) is 24.3 Å². The quantitative estimate of drug-likeness (QED) is 0.308. The summed E-state index contributed by atoms with van der Waals surface area (Å²) in [6.45, 7) is 0.906. The van der Waals surface area contributed by atoms with Crippen LogP contribution in [0.25, 0.3) is 0 Å². The zero-order valence-corrected chi connectivity index (χ0v) is 16.7. The summed E-state index contributed by atoms with van der Waals surface area (Å²) in [6.07, 6.45) is 11.7. The van der Waals surface area contributed by atoms with Gasteiger partial charge in [-0.25, -0.2) is 0 Å². The van der Waals surface area contributed by atoms with Crippen molar-refractivity contribution >= 4 is 22.9 Å². The van der Waals surface area contributed by atoms with Crippen molar-refractivity contribution in [3.05, 3.63) is 47.5 Å². The van der Waals surface area contributed by atoms with Gasteiger partial charge in [-0.1, -0.05) is 25.2 Å². The fraction of sp³-hybridized carbons (Fsp3) is 0.375. The van der Waals surface area contributed by atoms with Crippen molar-refractivity contribution in [2.45, 2.75) is 43.9 Å². The van der Waals surface area contributed by atoms with Crippen molar-refractivity contribution < 1.29 is 4.74 Å². The third-order valence-electron chi connectivity index (χ3n) is 6.24. The van der Waals surface area contributed by atoms with Crippen LogP contribution in [0, 0.1) is 17.8 Å². The lowest BCUT2D eigenvalue weighted by Crippen LogP contribution is -2.39. The highest BCUT2D eigenvalue weighted by molar-refractivity contribution is 5.82. The average molecular weight is 389 g/mol. The number of benzene rings is 2. The second-order valence-corrected chi connectivity index (χ2v) is 8.02. The Bertz CT molecular complexity index is 969. The van der Waals surface area contributed by atoms with E-state index in [1.54, 1.807) is 0 Å². The summed E-state index contributed by atoms with van der Waals surface area (Å²) < 4.78 is 5.77. The van der Waals surface area contributed by atoms with E-state index in [9.17, 15) is 0 Å². The first-order chi connectivity index (χ1) is 14.0. The minimum absolute atomic E-state index is 0.0689. The van der Waals surface area contributed by atoms with Gasteiger partial charge < -0.3 is 21.1 Å². The van der Waals surface area contributed by atoms with Crippen molar-refractivity contribution in [1.29, 1.82) is 5.41 Å². The van der Waals surface area contributed by atoms with Crippen LogP contribution in [0.2, 0.25) is 0 Å². The van der Waals surface area contributed by atoms with Crippen molar-refractivity contribution in [2.24, 2.45) is 5.73 Å². The average Bonchev–Trinajstić information content (AvgIpc) is 2.73. The van der Waals surface area contributed by atoms with Crippen LogP contribution in [0.3, 0.4) is 0 Å². The lowest BCUT2D eigenvalue weighted by molar-refractivity contribution is 0.338. The van der Waals surface area contributed by atoms with E-state index in [1.807, 2.05) is 12.1 Å². The number of fused-ring (bicyclic) bond motifs is 4. The number of nitrogens with two attached hydrogens (primary N) is 2. The molecule has 0 saturated heterocycles. The van der Waals surface area contributed by atoms with E-state index in [-0.39, 0.29) is 17.9 Å². The highest BCUT2D eigenvalue weighted by atomic mass is 16.5. The molecule has 1 saturated carbocycles. The molecule has 1 aliphatic heterocycles. The first-order valence-corrected chi connectivity index (χ1v) is 10.3. The lowest BCUT2D eigenvalue weighted by atomic mass is 9.62. The van der Waals surface area contributed by atoms with Crippen LogP contribution in [-0.2, 0) is 5.41 Å². The Hall–Kier alpha value is -3.13. The van der Waals surface area contributed by atoms with Gasteiger partial charge in [-0.05, 0) is 60.4 Å².